The molecule has 0 bridgehead atoms. The summed E-state index contributed by atoms with van der Waals surface area (Å²) in [5, 5.41) is 12.1. The molecule has 152 valence electrons. The Hall–Kier alpha value is -1.44. The maximum absolute atomic E-state index is 13.2. The van der Waals surface area contributed by atoms with E-state index in [1.807, 2.05) is 20.8 Å². The van der Waals surface area contributed by atoms with Crippen LogP contribution < -0.4 is 5.32 Å². The first-order valence-corrected chi connectivity index (χ1v) is 11.0. The van der Waals surface area contributed by atoms with E-state index in [0.717, 1.165) is 18.4 Å². The van der Waals surface area contributed by atoms with Gasteiger partial charge in [0.15, 0.2) is 0 Å². The van der Waals surface area contributed by atoms with Gasteiger partial charge in [0.2, 0.25) is 10.0 Å². The number of rotatable bonds is 6. The van der Waals surface area contributed by atoms with Crippen LogP contribution in [-0.4, -0.2) is 49.5 Å². The molecule has 0 unspecified atom stereocenters. The number of amides is 1. The zero-order valence-corrected chi connectivity index (χ0v) is 17.8. The standard InChI is InChI=1S/C20H32N2O4S/c1-13-6-8-22(9-7-13)27(25,26)19-11-18(10-14(2)16(19)4)20(24)21-17(5)15(3)12-23/h10-11,13,15,17,23H,6-9,12H2,1-5H3,(H,21,24)/t15-,17-/m1/s1. The van der Waals surface area contributed by atoms with Crippen LogP contribution in [0.4, 0.5) is 0 Å². The lowest BCUT2D eigenvalue weighted by Crippen LogP contribution is -2.39. The van der Waals surface area contributed by atoms with Crippen LogP contribution >= 0.6 is 0 Å². The van der Waals surface area contributed by atoms with E-state index in [1.54, 1.807) is 13.0 Å². The minimum absolute atomic E-state index is 0.0264. The van der Waals surface area contributed by atoms with E-state index >= 15 is 0 Å². The molecule has 0 spiro atoms. The van der Waals surface area contributed by atoms with Crippen LogP contribution in [0.5, 0.6) is 0 Å². The van der Waals surface area contributed by atoms with Crippen molar-refractivity contribution in [3.63, 3.8) is 0 Å². The second-order valence-corrected chi connectivity index (χ2v) is 9.83. The Balaban J connectivity index is 2.34. The molecule has 0 radical (unpaired) electrons. The molecule has 1 aliphatic heterocycles. The van der Waals surface area contributed by atoms with Crippen LogP contribution in [0.25, 0.3) is 0 Å². The number of carbonyl (C=O) groups excluding carboxylic acids is 1. The van der Waals surface area contributed by atoms with Gasteiger partial charge in [0, 0.05) is 31.3 Å². The molecule has 0 aliphatic carbocycles. The lowest BCUT2D eigenvalue weighted by Gasteiger charge is -2.30. The Morgan fingerprint density at radius 1 is 1.26 bits per heavy atom. The lowest BCUT2D eigenvalue weighted by molar-refractivity contribution is 0.0916. The molecule has 1 aromatic rings. The van der Waals surface area contributed by atoms with Gasteiger partial charge in [0.1, 0.15) is 0 Å². The highest BCUT2D eigenvalue weighted by molar-refractivity contribution is 7.89. The van der Waals surface area contributed by atoms with Crippen LogP contribution in [0.2, 0.25) is 0 Å². The van der Waals surface area contributed by atoms with E-state index in [0.29, 0.717) is 30.1 Å². The van der Waals surface area contributed by atoms with Crippen LogP contribution in [-0.2, 0) is 10.0 Å². The third-order valence-electron chi connectivity index (χ3n) is 5.74. The molecule has 2 N–H and O–H groups in total. The number of nitrogens with one attached hydrogen (secondary N) is 1. The van der Waals surface area contributed by atoms with Crippen molar-refractivity contribution in [2.75, 3.05) is 19.7 Å². The van der Waals surface area contributed by atoms with Gasteiger partial charge in [-0.2, -0.15) is 4.31 Å². The molecule has 2 rings (SSSR count). The smallest absolute Gasteiger partial charge is 0.251 e. The average molecular weight is 397 g/mol. The van der Waals surface area contributed by atoms with Crippen LogP contribution in [0.15, 0.2) is 17.0 Å². The summed E-state index contributed by atoms with van der Waals surface area (Å²) in [6.45, 7) is 10.4. The van der Waals surface area contributed by atoms with E-state index in [-0.39, 0.29) is 29.4 Å². The largest absolute Gasteiger partial charge is 0.396 e. The molecule has 0 saturated carbocycles. The average Bonchev–Trinajstić information content (AvgIpc) is 2.63. The van der Waals surface area contributed by atoms with Crippen molar-refractivity contribution in [1.29, 1.82) is 0 Å². The number of hydrogen-bond donors (Lipinski definition) is 2. The van der Waals surface area contributed by atoms with E-state index < -0.39 is 10.0 Å². The quantitative estimate of drug-likeness (QED) is 0.773. The molecule has 1 aromatic carbocycles. The third kappa shape index (κ3) is 4.89. The summed E-state index contributed by atoms with van der Waals surface area (Å²) < 4.78 is 27.9. The Morgan fingerprint density at radius 3 is 2.41 bits per heavy atom. The van der Waals surface area contributed by atoms with Gasteiger partial charge in [0.05, 0.1) is 4.90 Å². The predicted molar refractivity (Wildman–Crippen MR) is 106 cm³/mol. The number of piperidine rings is 1. The highest BCUT2D eigenvalue weighted by atomic mass is 32.2. The van der Waals surface area contributed by atoms with Gasteiger partial charge < -0.3 is 10.4 Å². The molecule has 1 amide bonds. The first-order chi connectivity index (χ1) is 12.6. The summed E-state index contributed by atoms with van der Waals surface area (Å²) in [4.78, 5) is 12.8. The summed E-state index contributed by atoms with van der Waals surface area (Å²) in [7, 11) is -3.63. The molecule has 1 fully saturated rings. The monoisotopic (exact) mass is 396 g/mol. The molecular formula is C20H32N2O4S. The van der Waals surface area contributed by atoms with Crippen molar-refractivity contribution >= 4 is 15.9 Å². The van der Waals surface area contributed by atoms with Gasteiger partial charge in [-0.25, -0.2) is 8.42 Å². The summed E-state index contributed by atoms with van der Waals surface area (Å²) in [6, 6.07) is 2.99. The summed E-state index contributed by atoms with van der Waals surface area (Å²) >= 11 is 0. The Morgan fingerprint density at radius 2 is 1.85 bits per heavy atom. The van der Waals surface area contributed by atoms with Crippen molar-refractivity contribution in [3.8, 4) is 0 Å². The second-order valence-electron chi connectivity index (χ2n) is 7.92. The van der Waals surface area contributed by atoms with Gasteiger partial charge in [0.25, 0.3) is 5.91 Å². The fraction of sp³-hybridized carbons (Fsp3) is 0.650. The van der Waals surface area contributed by atoms with Gasteiger partial charge in [-0.05, 0) is 68.7 Å². The third-order valence-corrected chi connectivity index (χ3v) is 7.77. The predicted octanol–water partition coefficient (Wildman–Crippen LogP) is 2.47. The van der Waals surface area contributed by atoms with Crippen molar-refractivity contribution in [1.82, 2.24) is 9.62 Å². The lowest BCUT2D eigenvalue weighted by atomic mass is 10.0. The minimum Gasteiger partial charge on any atom is -0.396 e. The van der Waals surface area contributed by atoms with Crippen molar-refractivity contribution in [3.05, 3.63) is 28.8 Å². The molecule has 1 heterocycles. The van der Waals surface area contributed by atoms with Crippen LogP contribution in [0, 0.1) is 25.7 Å². The number of aliphatic hydroxyl groups is 1. The zero-order valence-electron chi connectivity index (χ0n) is 16.9. The number of hydrogen-bond acceptors (Lipinski definition) is 4. The number of aliphatic hydroxyl groups excluding tert-OH is 1. The molecule has 1 aliphatic rings. The maximum Gasteiger partial charge on any atom is 0.251 e. The Kier molecular flexibility index (Phi) is 7.05. The van der Waals surface area contributed by atoms with E-state index in [9.17, 15) is 18.3 Å². The SMILES string of the molecule is Cc1cc(C(=O)N[C@H](C)[C@H](C)CO)cc(S(=O)(=O)N2CCC(C)CC2)c1C. The number of benzene rings is 1. The van der Waals surface area contributed by atoms with E-state index in [4.69, 9.17) is 0 Å². The van der Waals surface area contributed by atoms with Crippen LogP contribution in [0.1, 0.15) is 55.1 Å². The summed E-state index contributed by atoms with van der Waals surface area (Å²) in [5.41, 5.74) is 1.79. The van der Waals surface area contributed by atoms with Gasteiger partial charge in [-0.1, -0.05) is 13.8 Å². The van der Waals surface area contributed by atoms with Crippen molar-refractivity contribution in [2.45, 2.75) is 58.4 Å². The first-order valence-electron chi connectivity index (χ1n) is 9.61. The Bertz CT molecular complexity index is 783. The van der Waals surface area contributed by atoms with E-state index in [1.165, 1.54) is 10.4 Å². The molecule has 27 heavy (non-hydrogen) atoms. The fourth-order valence-corrected chi connectivity index (χ4v) is 4.97. The molecule has 1 saturated heterocycles. The normalized spacial score (nSPS) is 18.9. The van der Waals surface area contributed by atoms with E-state index in [2.05, 4.69) is 12.2 Å². The summed E-state index contributed by atoms with van der Waals surface area (Å²) in [6.07, 6.45) is 1.71. The van der Waals surface area contributed by atoms with Crippen molar-refractivity contribution < 1.29 is 18.3 Å². The maximum atomic E-state index is 13.2. The summed E-state index contributed by atoms with van der Waals surface area (Å²) in [5.74, 6) is 0.125. The molecular weight excluding hydrogens is 364 g/mol. The number of sulfonamides is 1. The number of nitrogens with zero attached hydrogens (tertiary/aromatic N) is 1. The number of aryl methyl sites for hydroxylation is 1. The topological polar surface area (TPSA) is 86.7 Å². The van der Waals surface area contributed by atoms with Gasteiger partial charge in [-0.3, -0.25) is 4.79 Å². The van der Waals surface area contributed by atoms with Crippen molar-refractivity contribution in [2.24, 2.45) is 11.8 Å². The van der Waals surface area contributed by atoms with Gasteiger partial charge >= 0.3 is 0 Å². The first kappa shape index (κ1) is 21.9. The highest BCUT2D eigenvalue weighted by Crippen LogP contribution is 2.28. The second kappa shape index (κ2) is 8.71. The zero-order chi connectivity index (χ0) is 20.4. The fourth-order valence-electron chi connectivity index (χ4n) is 3.18. The van der Waals surface area contributed by atoms with Crippen LogP contribution in [0.3, 0.4) is 0 Å². The Labute approximate surface area is 163 Å². The molecule has 6 nitrogen and oxygen atoms in total. The number of carbonyl (C=O) groups is 1. The van der Waals surface area contributed by atoms with Gasteiger partial charge in [-0.15, -0.1) is 0 Å². The molecule has 0 aromatic heterocycles. The molecule has 7 heteroatoms. The minimum atomic E-state index is -3.63. The molecule has 2 atom stereocenters. The highest BCUT2D eigenvalue weighted by Gasteiger charge is 2.30.